The smallest absolute Gasteiger partial charge is 0.432 e. The predicted molar refractivity (Wildman–Crippen MR) is 141 cm³/mol. The topological polar surface area (TPSA) is 130 Å². The number of alkyl halides is 3. The Morgan fingerprint density at radius 3 is 2.40 bits per heavy atom. The van der Waals surface area contributed by atoms with Gasteiger partial charge in [-0.25, -0.2) is 13.2 Å². The normalized spacial score (nSPS) is 15.4. The van der Waals surface area contributed by atoms with Crippen molar-refractivity contribution in [3.05, 3.63) is 51.9 Å². The van der Waals surface area contributed by atoms with Gasteiger partial charge in [0, 0.05) is 36.5 Å². The number of rotatable bonds is 6. The number of benzene rings is 1. The molecule has 10 nitrogen and oxygen atoms in total. The van der Waals surface area contributed by atoms with E-state index in [1.54, 1.807) is 31.7 Å². The molecule has 1 fully saturated rings. The number of H-pyrrole nitrogens is 2. The molecule has 0 atom stereocenters. The van der Waals surface area contributed by atoms with Crippen molar-refractivity contribution in [1.29, 1.82) is 0 Å². The van der Waals surface area contributed by atoms with Crippen LogP contribution in [0.4, 0.5) is 18.0 Å². The first kappa shape index (κ1) is 29.4. The molecule has 1 aliphatic rings. The zero-order chi connectivity index (χ0) is 29.5. The number of likely N-dealkylation sites (tertiary alicyclic amines) is 1. The first-order chi connectivity index (χ1) is 18.5. The van der Waals surface area contributed by atoms with Crippen molar-refractivity contribution in [1.82, 2.24) is 24.9 Å². The summed E-state index contributed by atoms with van der Waals surface area (Å²) in [7, 11) is -3.55. The number of amides is 1. The van der Waals surface area contributed by atoms with Crippen LogP contribution in [0.2, 0.25) is 0 Å². The lowest BCUT2D eigenvalue weighted by Gasteiger charge is -2.33. The number of aromatic amines is 2. The third-order valence-corrected chi connectivity index (χ3v) is 7.82. The maximum Gasteiger partial charge on any atom is 0.432 e. The number of nitrogens with one attached hydrogen (secondary N) is 2. The molecule has 14 heteroatoms. The van der Waals surface area contributed by atoms with Gasteiger partial charge in [0.05, 0.1) is 10.6 Å². The Hall–Kier alpha value is -3.55. The highest BCUT2D eigenvalue weighted by Crippen LogP contribution is 2.30. The van der Waals surface area contributed by atoms with Gasteiger partial charge in [0.15, 0.2) is 15.7 Å². The van der Waals surface area contributed by atoms with Crippen molar-refractivity contribution in [2.75, 3.05) is 19.3 Å². The fourth-order valence-electron chi connectivity index (χ4n) is 4.64. The number of hydrogen-bond acceptors (Lipinski definition) is 6. The van der Waals surface area contributed by atoms with E-state index in [2.05, 4.69) is 10.2 Å². The van der Waals surface area contributed by atoms with Crippen molar-refractivity contribution in [3.63, 3.8) is 0 Å². The molecule has 1 amide bonds. The van der Waals surface area contributed by atoms with E-state index in [4.69, 9.17) is 4.74 Å². The molecule has 3 heterocycles. The van der Waals surface area contributed by atoms with Crippen LogP contribution in [-0.2, 0) is 27.2 Å². The van der Waals surface area contributed by atoms with Crippen LogP contribution in [-0.4, -0.2) is 64.3 Å². The van der Waals surface area contributed by atoms with Crippen LogP contribution in [0.1, 0.15) is 51.3 Å². The van der Waals surface area contributed by atoms with Gasteiger partial charge in [0.2, 0.25) is 0 Å². The second kappa shape index (κ2) is 10.8. The third-order valence-electron chi connectivity index (χ3n) is 6.71. The predicted octanol–water partition coefficient (Wildman–Crippen LogP) is 4.56. The Morgan fingerprint density at radius 2 is 1.82 bits per heavy atom. The monoisotopic (exact) mass is 583 g/mol. The number of sulfone groups is 1. The molecule has 4 rings (SSSR count). The lowest BCUT2D eigenvalue weighted by molar-refractivity contribution is -0.141. The quantitative estimate of drug-likeness (QED) is 0.438. The van der Waals surface area contributed by atoms with Crippen LogP contribution in [0.15, 0.2) is 40.0 Å². The molecule has 2 aromatic heterocycles. The first-order valence-electron chi connectivity index (χ1n) is 12.8. The molecule has 0 spiro atoms. The number of aromatic nitrogens is 4. The van der Waals surface area contributed by atoms with Crippen molar-refractivity contribution in [3.8, 4) is 17.1 Å². The van der Waals surface area contributed by atoms with Gasteiger partial charge in [-0.05, 0) is 64.5 Å². The van der Waals surface area contributed by atoms with Gasteiger partial charge in [-0.15, -0.1) is 0 Å². The van der Waals surface area contributed by atoms with E-state index in [0.29, 0.717) is 49.2 Å². The molecule has 0 unspecified atom stereocenters. The molecule has 0 bridgehead atoms. The highest BCUT2D eigenvalue weighted by molar-refractivity contribution is 7.90. The number of nitrogens with zero attached hydrogens (tertiary/aromatic N) is 3. The summed E-state index contributed by atoms with van der Waals surface area (Å²) >= 11 is 0. The molecule has 40 heavy (non-hydrogen) atoms. The van der Waals surface area contributed by atoms with Crippen molar-refractivity contribution >= 4 is 15.9 Å². The van der Waals surface area contributed by atoms with Crippen LogP contribution in [0.25, 0.3) is 17.1 Å². The van der Waals surface area contributed by atoms with E-state index in [0.717, 1.165) is 17.0 Å². The number of hydrogen-bond donors (Lipinski definition) is 2. The third kappa shape index (κ3) is 6.77. The highest BCUT2D eigenvalue weighted by atomic mass is 32.2. The fourth-order valence-corrected chi connectivity index (χ4v) is 5.30. The minimum atomic E-state index is -4.68. The molecule has 218 valence electrons. The minimum absolute atomic E-state index is 0.0400. The van der Waals surface area contributed by atoms with Gasteiger partial charge < -0.3 is 9.64 Å². The lowest BCUT2D eigenvalue weighted by atomic mass is 9.90. The van der Waals surface area contributed by atoms with E-state index < -0.39 is 32.9 Å². The summed E-state index contributed by atoms with van der Waals surface area (Å²) in [5.74, 6) is -0.0754. The molecular formula is C26H32F3N5O5S. The summed E-state index contributed by atoms with van der Waals surface area (Å²) in [6.45, 7) is 6.42. The molecule has 2 N–H and O–H groups in total. The fraction of sp³-hybridized carbons (Fsp3) is 0.500. The zero-order valence-corrected chi connectivity index (χ0v) is 23.4. The molecule has 0 radical (unpaired) electrons. The number of halogens is 3. The molecule has 1 aliphatic heterocycles. The Morgan fingerprint density at radius 1 is 1.15 bits per heavy atom. The van der Waals surface area contributed by atoms with E-state index in [9.17, 15) is 31.2 Å². The number of carbonyl (C=O) groups excluding carboxylic acids is 1. The molecule has 1 aromatic carbocycles. The van der Waals surface area contributed by atoms with Gasteiger partial charge in [-0.1, -0.05) is 12.1 Å². The largest absolute Gasteiger partial charge is 0.444 e. The minimum Gasteiger partial charge on any atom is -0.444 e. The number of ether oxygens (including phenoxy) is 1. The molecule has 0 saturated carbocycles. The molecule has 3 aromatic rings. The van der Waals surface area contributed by atoms with Gasteiger partial charge in [-0.2, -0.15) is 23.0 Å². The van der Waals surface area contributed by atoms with Gasteiger partial charge >= 0.3 is 12.3 Å². The van der Waals surface area contributed by atoms with Gasteiger partial charge in [0.1, 0.15) is 11.3 Å². The Balaban J connectivity index is 1.60. The van der Waals surface area contributed by atoms with E-state index in [1.165, 1.54) is 18.2 Å². The summed E-state index contributed by atoms with van der Waals surface area (Å²) in [5.41, 5.74) is -1.27. The second-order valence-corrected chi connectivity index (χ2v) is 13.0. The van der Waals surface area contributed by atoms with Crippen LogP contribution < -0.4 is 5.56 Å². The summed E-state index contributed by atoms with van der Waals surface area (Å²) in [5, 5.41) is 8.41. The van der Waals surface area contributed by atoms with E-state index in [-0.39, 0.29) is 29.1 Å². The maximum atomic E-state index is 13.5. The maximum absolute atomic E-state index is 13.5. The second-order valence-electron chi connectivity index (χ2n) is 11.0. The van der Waals surface area contributed by atoms with Gasteiger partial charge in [-0.3, -0.25) is 15.0 Å². The van der Waals surface area contributed by atoms with Crippen LogP contribution in [0.3, 0.4) is 0 Å². The van der Waals surface area contributed by atoms with Crippen molar-refractivity contribution in [2.24, 2.45) is 5.92 Å². The average molecular weight is 584 g/mol. The highest BCUT2D eigenvalue weighted by Gasteiger charge is 2.34. The van der Waals surface area contributed by atoms with Crippen LogP contribution >= 0.6 is 0 Å². The lowest BCUT2D eigenvalue weighted by Crippen LogP contribution is -2.41. The molecule has 1 saturated heterocycles. The Labute approximate surface area is 229 Å². The Kier molecular flexibility index (Phi) is 7.94. The zero-order valence-electron chi connectivity index (χ0n) is 22.6. The van der Waals surface area contributed by atoms with Gasteiger partial charge in [0.25, 0.3) is 5.56 Å². The summed E-state index contributed by atoms with van der Waals surface area (Å²) < 4.78 is 70.1. The summed E-state index contributed by atoms with van der Waals surface area (Å²) in [6.07, 6.45) is -1.71. The van der Waals surface area contributed by atoms with E-state index >= 15 is 0 Å². The van der Waals surface area contributed by atoms with Crippen molar-refractivity contribution in [2.45, 2.75) is 63.1 Å². The number of carbonyl (C=O) groups is 1. The Bertz CT molecular complexity index is 1540. The standard InChI is InChI=1S/C26H32F3N5O5S/c1-25(2,3)39-24(36)33-12-10-16(11-13-33)8-9-19-22(17-6-5-7-18(14-17)40(4,37)38)32-34(23(19)35)21-15-20(30-31-21)26(27,28)29/h5-7,14-16,32H,8-13H2,1-4H3,(H,30,31). The van der Waals surface area contributed by atoms with Crippen molar-refractivity contribution < 1.29 is 31.1 Å². The molecule has 0 aliphatic carbocycles. The summed E-state index contributed by atoms with van der Waals surface area (Å²) in [6, 6.07) is 6.73. The van der Waals surface area contributed by atoms with Crippen LogP contribution in [0, 0.1) is 5.92 Å². The van der Waals surface area contributed by atoms with Crippen LogP contribution in [0.5, 0.6) is 0 Å². The molecular weight excluding hydrogens is 551 g/mol. The summed E-state index contributed by atoms with van der Waals surface area (Å²) in [4.78, 5) is 27.5. The SMILES string of the molecule is CC(C)(C)OC(=O)N1CCC(CCc2c(-c3cccc(S(C)(=O)=O)c3)[nH]n(-c3cc(C(F)(F)F)[nH]n3)c2=O)CC1. The average Bonchev–Trinajstić information content (AvgIpc) is 3.47. The van der Waals surface area contributed by atoms with E-state index in [1.807, 2.05) is 5.10 Å². The first-order valence-corrected chi connectivity index (χ1v) is 14.7. The number of piperidine rings is 1.